The SMILES string of the molecule is CC[C@@H]1OC[C@@]2(c3cc(N)ccc3F)N=C(N(C(=O)O)C(C)(C)C)SC[C@H]12. The van der Waals surface area contributed by atoms with E-state index in [-0.39, 0.29) is 18.6 Å². The van der Waals surface area contributed by atoms with Crippen LogP contribution in [0, 0.1) is 11.7 Å². The van der Waals surface area contributed by atoms with Crippen molar-refractivity contribution < 1.29 is 19.0 Å². The zero-order valence-corrected chi connectivity index (χ0v) is 16.8. The fourth-order valence-corrected chi connectivity index (χ4v) is 5.40. The van der Waals surface area contributed by atoms with Crippen molar-refractivity contribution in [1.82, 2.24) is 4.90 Å². The molecule has 1 saturated heterocycles. The van der Waals surface area contributed by atoms with Gasteiger partial charge < -0.3 is 15.6 Å². The van der Waals surface area contributed by atoms with Gasteiger partial charge in [-0.2, -0.15) is 0 Å². The molecule has 3 N–H and O–H groups in total. The van der Waals surface area contributed by atoms with Gasteiger partial charge in [0.2, 0.25) is 0 Å². The fraction of sp³-hybridized carbons (Fsp3) is 0.579. The number of nitrogens with zero attached hydrogens (tertiary/aromatic N) is 2. The van der Waals surface area contributed by atoms with Crippen LogP contribution in [0.3, 0.4) is 0 Å². The molecule has 1 amide bonds. The van der Waals surface area contributed by atoms with E-state index in [9.17, 15) is 14.3 Å². The summed E-state index contributed by atoms with van der Waals surface area (Å²) < 4.78 is 20.8. The zero-order valence-electron chi connectivity index (χ0n) is 16.0. The number of rotatable bonds is 2. The Morgan fingerprint density at radius 2 is 2.22 bits per heavy atom. The highest BCUT2D eigenvalue weighted by Crippen LogP contribution is 2.50. The van der Waals surface area contributed by atoms with Crippen LogP contribution in [0.2, 0.25) is 0 Å². The van der Waals surface area contributed by atoms with Crippen LogP contribution in [0.4, 0.5) is 14.9 Å². The molecule has 1 fully saturated rings. The second-order valence-electron chi connectivity index (χ2n) is 8.02. The van der Waals surface area contributed by atoms with Crippen LogP contribution in [-0.2, 0) is 10.3 Å². The Morgan fingerprint density at radius 1 is 1.52 bits per heavy atom. The minimum absolute atomic E-state index is 0.0526. The predicted octanol–water partition coefficient (Wildman–Crippen LogP) is 3.91. The quantitative estimate of drug-likeness (QED) is 0.741. The topological polar surface area (TPSA) is 88.2 Å². The second-order valence-corrected chi connectivity index (χ2v) is 9.01. The summed E-state index contributed by atoms with van der Waals surface area (Å²) in [5.74, 6) is 0.149. The number of aliphatic imine (C=N–C) groups is 1. The van der Waals surface area contributed by atoms with E-state index in [1.807, 2.05) is 27.7 Å². The van der Waals surface area contributed by atoms with Crippen LogP contribution in [-0.4, -0.2) is 45.3 Å². The molecule has 0 unspecified atom stereocenters. The number of benzene rings is 1. The third kappa shape index (κ3) is 3.40. The first-order valence-electron chi connectivity index (χ1n) is 9.03. The third-order valence-corrected chi connectivity index (χ3v) is 6.24. The van der Waals surface area contributed by atoms with Gasteiger partial charge in [-0.25, -0.2) is 14.2 Å². The summed E-state index contributed by atoms with van der Waals surface area (Å²) in [5, 5.41) is 10.1. The van der Waals surface area contributed by atoms with Gasteiger partial charge in [0.15, 0.2) is 5.17 Å². The minimum Gasteiger partial charge on any atom is -0.465 e. The number of thioether (sulfide) groups is 1. The van der Waals surface area contributed by atoms with Crippen molar-refractivity contribution in [3.8, 4) is 0 Å². The monoisotopic (exact) mass is 395 g/mol. The molecule has 0 spiro atoms. The minimum atomic E-state index is -1.08. The van der Waals surface area contributed by atoms with Crippen molar-refractivity contribution in [2.45, 2.75) is 51.3 Å². The number of fused-ring (bicyclic) bond motifs is 1. The van der Waals surface area contributed by atoms with Gasteiger partial charge in [0.05, 0.1) is 12.7 Å². The van der Waals surface area contributed by atoms with E-state index < -0.39 is 23.0 Å². The van der Waals surface area contributed by atoms with Crippen LogP contribution in [0.15, 0.2) is 23.2 Å². The number of amides is 1. The maximum absolute atomic E-state index is 14.8. The molecule has 2 heterocycles. The highest BCUT2D eigenvalue weighted by atomic mass is 32.2. The van der Waals surface area contributed by atoms with Crippen LogP contribution in [0.5, 0.6) is 0 Å². The van der Waals surface area contributed by atoms with Crippen LogP contribution >= 0.6 is 11.8 Å². The summed E-state index contributed by atoms with van der Waals surface area (Å²) in [6, 6.07) is 4.45. The number of nitrogen functional groups attached to an aromatic ring is 1. The van der Waals surface area contributed by atoms with Gasteiger partial charge >= 0.3 is 6.09 Å². The summed E-state index contributed by atoms with van der Waals surface area (Å²) >= 11 is 1.39. The molecular formula is C19H26FN3O3S. The normalized spacial score (nSPS) is 27.8. The van der Waals surface area contributed by atoms with Crippen molar-refractivity contribution in [2.75, 3.05) is 18.1 Å². The van der Waals surface area contributed by atoms with Crippen LogP contribution < -0.4 is 5.73 Å². The lowest BCUT2D eigenvalue weighted by Gasteiger charge is -2.41. The first-order valence-corrected chi connectivity index (χ1v) is 10.0. The lowest BCUT2D eigenvalue weighted by Crippen LogP contribution is -2.51. The van der Waals surface area contributed by atoms with Crippen molar-refractivity contribution in [2.24, 2.45) is 10.9 Å². The Morgan fingerprint density at radius 3 is 2.81 bits per heavy atom. The number of hydrogen-bond acceptors (Lipinski definition) is 5. The Bertz CT molecular complexity index is 780. The van der Waals surface area contributed by atoms with Gasteiger partial charge in [0, 0.05) is 28.5 Å². The average molecular weight is 396 g/mol. The number of anilines is 1. The van der Waals surface area contributed by atoms with E-state index in [0.717, 1.165) is 6.42 Å². The molecule has 6 nitrogen and oxygen atoms in total. The molecule has 1 aromatic rings. The molecule has 0 saturated carbocycles. The fourth-order valence-electron chi connectivity index (χ4n) is 3.88. The summed E-state index contributed by atoms with van der Waals surface area (Å²) in [7, 11) is 0. The average Bonchev–Trinajstić information content (AvgIpc) is 2.94. The van der Waals surface area contributed by atoms with Gasteiger partial charge in [0.25, 0.3) is 0 Å². The Balaban J connectivity index is 2.19. The highest BCUT2D eigenvalue weighted by Gasteiger charge is 2.54. The first kappa shape index (κ1) is 19.9. The van der Waals surface area contributed by atoms with Gasteiger partial charge in [-0.15, -0.1) is 0 Å². The number of carbonyl (C=O) groups is 1. The number of nitrogens with two attached hydrogens (primary N) is 1. The predicted molar refractivity (Wildman–Crippen MR) is 106 cm³/mol. The molecule has 3 rings (SSSR count). The molecular weight excluding hydrogens is 369 g/mol. The van der Waals surface area contributed by atoms with E-state index in [1.54, 1.807) is 6.07 Å². The van der Waals surface area contributed by atoms with Crippen LogP contribution in [0.25, 0.3) is 0 Å². The molecule has 0 bridgehead atoms. The summed E-state index contributed by atoms with van der Waals surface area (Å²) in [6.45, 7) is 7.66. The molecule has 0 aromatic heterocycles. The van der Waals surface area contributed by atoms with Gasteiger partial charge in [-0.1, -0.05) is 18.7 Å². The molecule has 0 radical (unpaired) electrons. The molecule has 3 atom stereocenters. The first-order chi connectivity index (χ1) is 12.6. The Labute approximate surface area is 163 Å². The largest absolute Gasteiger partial charge is 0.465 e. The molecule has 27 heavy (non-hydrogen) atoms. The number of halogens is 1. The molecule has 0 aliphatic carbocycles. The summed E-state index contributed by atoms with van der Waals surface area (Å²) in [6.07, 6.45) is -0.359. The Kier molecular flexibility index (Phi) is 5.16. The van der Waals surface area contributed by atoms with E-state index in [0.29, 0.717) is 22.2 Å². The van der Waals surface area contributed by atoms with E-state index in [2.05, 4.69) is 0 Å². The smallest absolute Gasteiger partial charge is 0.413 e. The number of hydrogen-bond donors (Lipinski definition) is 2. The zero-order chi connectivity index (χ0) is 20.0. The third-order valence-electron chi connectivity index (χ3n) is 5.18. The highest BCUT2D eigenvalue weighted by molar-refractivity contribution is 8.13. The lowest BCUT2D eigenvalue weighted by molar-refractivity contribution is 0.0903. The maximum atomic E-state index is 14.8. The maximum Gasteiger partial charge on any atom is 0.413 e. The van der Waals surface area contributed by atoms with Gasteiger partial charge in [0.1, 0.15) is 11.4 Å². The van der Waals surface area contributed by atoms with Crippen molar-refractivity contribution in [3.63, 3.8) is 0 Å². The molecule has 8 heteroatoms. The van der Waals surface area contributed by atoms with Crippen molar-refractivity contribution >= 4 is 28.7 Å². The molecule has 1 aromatic carbocycles. The van der Waals surface area contributed by atoms with E-state index >= 15 is 0 Å². The Hall–Kier alpha value is -1.80. The molecule has 2 aliphatic heterocycles. The lowest BCUT2D eigenvalue weighted by atomic mass is 9.78. The van der Waals surface area contributed by atoms with E-state index in [1.165, 1.54) is 28.8 Å². The second kappa shape index (κ2) is 6.98. The van der Waals surface area contributed by atoms with Gasteiger partial charge in [-0.05, 0) is 45.4 Å². The molecule has 148 valence electrons. The van der Waals surface area contributed by atoms with Crippen molar-refractivity contribution in [1.29, 1.82) is 0 Å². The standard InChI is InChI=1S/C19H26FN3O3S/c1-5-15-13-9-27-16(23(17(24)25)18(2,3)4)22-19(13,10-26-15)12-8-11(21)6-7-14(12)20/h6-8,13,15H,5,9-10,21H2,1-4H3,(H,24,25)/t13-,15+,19+/m1/s1. The summed E-state index contributed by atoms with van der Waals surface area (Å²) in [4.78, 5) is 18.0. The van der Waals surface area contributed by atoms with Crippen LogP contribution in [0.1, 0.15) is 39.7 Å². The summed E-state index contributed by atoms with van der Waals surface area (Å²) in [5.41, 5.74) is 5.10. The number of amidine groups is 1. The molecule has 2 aliphatic rings. The number of ether oxygens (including phenoxy) is 1. The van der Waals surface area contributed by atoms with Gasteiger partial charge in [-0.3, -0.25) is 4.90 Å². The van der Waals surface area contributed by atoms with Crippen molar-refractivity contribution in [3.05, 3.63) is 29.6 Å². The van der Waals surface area contributed by atoms with E-state index in [4.69, 9.17) is 15.5 Å². The number of carboxylic acid groups (broad SMARTS) is 1.